The second-order valence-corrected chi connectivity index (χ2v) is 10.9. The predicted molar refractivity (Wildman–Crippen MR) is 130 cm³/mol. The Morgan fingerprint density at radius 3 is 2.50 bits per heavy atom. The van der Waals surface area contributed by atoms with Crippen LogP contribution < -0.4 is 4.90 Å². The standard InChI is InChI=1S/C27H26BrN3O/c1-27(2)21-14-24(31-9-7-30(8-10-31)18-4-5-18)23(28)13-20(21)26(32)25-19-6-3-16(15-29)11-17(19)12-22(25)27/h3,6,11,13-14,18H,4-5,7-10,12H2,1-2H3. The van der Waals surface area contributed by atoms with Crippen LogP contribution in [0.3, 0.4) is 0 Å². The van der Waals surface area contributed by atoms with E-state index in [-0.39, 0.29) is 11.2 Å². The Kier molecular flexibility index (Phi) is 4.44. The minimum absolute atomic E-state index is 0.114. The van der Waals surface area contributed by atoms with Crippen molar-refractivity contribution >= 4 is 33.0 Å². The van der Waals surface area contributed by atoms with Crippen LogP contribution in [0.5, 0.6) is 0 Å². The van der Waals surface area contributed by atoms with Crippen LogP contribution in [0.1, 0.15) is 59.3 Å². The molecule has 1 saturated carbocycles. The number of nitrogens with zero attached hydrogens (tertiary/aromatic N) is 3. The van der Waals surface area contributed by atoms with Gasteiger partial charge in [0.15, 0.2) is 5.78 Å². The summed E-state index contributed by atoms with van der Waals surface area (Å²) < 4.78 is 1.00. The number of halogens is 1. The number of piperazine rings is 1. The number of carbonyl (C=O) groups excluding carboxylic acids is 1. The van der Waals surface area contributed by atoms with Crippen molar-refractivity contribution in [3.63, 3.8) is 0 Å². The molecule has 0 bridgehead atoms. The molecule has 0 radical (unpaired) electrons. The minimum Gasteiger partial charge on any atom is -0.368 e. The van der Waals surface area contributed by atoms with Crippen LogP contribution in [-0.2, 0) is 11.8 Å². The molecular formula is C27H26BrN3O. The van der Waals surface area contributed by atoms with E-state index in [1.807, 2.05) is 24.3 Å². The van der Waals surface area contributed by atoms with Gasteiger partial charge in [0.05, 0.1) is 17.3 Å². The normalized spacial score (nSPS) is 21.8. The van der Waals surface area contributed by atoms with Gasteiger partial charge in [0.1, 0.15) is 0 Å². The molecule has 32 heavy (non-hydrogen) atoms. The molecule has 5 heteroatoms. The molecule has 4 nitrogen and oxygen atoms in total. The molecule has 0 amide bonds. The zero-order valence-electron chi connectivity index (χ0n) is 18.5. The Labute approximate surface area is 197 Å². The van der Waals surface area contributed by atoms with Crippen molar-refractivity contribution in [1.29, 1.82) is 5.26 Å². The van der Waals surface area contributed by atoms with Gasteiger partial charge >= 0.3 is 0 Å². The average Bonchev–Trinajstić information content (AvgIpc) is 3.57. The fourth-order valence-corrected chi connectivity index (χ4v) is 6.46. The van der Waals surface area contributed by atoms with Gasteiger partial charge < -0.3 is 4.90 Å². The van der Waals surface area contributed by atoms with E-state index in [0.717, 1.165) is 70.9 Å². The van der Waals surface area contributed by atoms with Crippen molar-refractivity contribution in [3.05, 3.63) is 68.2 Å². The summed E-state index contributed by atoms with van der Waals surface area (Å²) in [5, 5.41) is 9.32. The van der Waals surface area contributed by atoms with E-state index < -0.39 is 0 Å². The van der Waals surface area contributed by atoms with Gasteiger partial charge in [-0.3, -0.25) is 9.69 Å². The van der Waals surface area contributed by atoms with Crippen LogP contribution in [0.2, 0.25) is 0 Å². The molecular weight excluding hydrogens is 462 g/mol. The van der Waals surface area contributed by atoms with Crippen molar-refractivity contribution < 1.29 is 4.79 Å². The third-order valence-corrected chi connectivity index (χ3v) is 8.51. The lowest BCUT2D eigenvalue weighted by molar-refractivity contribution is 0.105. The number of nitriles is 1. The summed E-state index contributed by atoms with van der Waals surface area (Å²) in [6.45, 7) is 8.77. The van der Waals surface area contributed by atoms with Gasteiger partial charge in [0.2, 0.25) is 0 Å². The number of ketones is 1. The van der Waals surface area contributed by atoms with Gasteiger partial charge in [0, 0.05) is 53.2 Å². The highest BCUT2D eigenvalue weighted by atomic mass is 79.9. The first-order valence-electron chi connectivity index (χ1n) is 11.5. The maximum Gasteiger partial charge on any atom is 0.193 e. The lowest BCUT2D eigenvalue weighted by Gasteiger charge is -2.39. The van der Waals surface area contributed by atoms with Crippen LogP contribution in [-0.4, -0.2) is 42.9 Å². The fraction of sp³-hybridized carbons (Fsp3) is 0.407. The highest BCUT2D eigenvalue weighted by Gasteiger charge is 2.43. The summed E-state index contributed by atoms with van der Waals surface area (Å²) in [4.78, 5) is 18.8. The van der Waals surface area contributed by atoms with Gasteiger partial charge in [-0.05, 0) is 81.7 Å². The van der Waals surface area contributed by atoms with Crippen molar-refractivity contribution in [2.45, 2.75) is 44.6 Å². The predicted octanol–water partition coefficient (Wildman–Crippen LogP) is 5.09. The molecule has 0 spiro atoms. The number of Topliss-reactive ketones (excluding diaryl/α,β-unsaturated/α-hetero) is 1. The molecule has 0 aromatic heterocycles. The number of anilines is 1. The lowest BCUT2D eigenvalue weighted by Crippen LogP contribution is -2.47. The van der Waals surface area contributed by atoms with Crippen LogP contribution in [0.15, 0.2) is 40.4 Å². The van der Waals surface area contributed by atoms with Gasteiger partial charge in [-0.25, -0.2) is 0 Å². The lowest BCUT2D eigenvalue weighted by atomic mass is 9.68. The number of carbonyl (C=O) groups is 1. The van der Waals surface area contributed by atoms with E-state index >= 15 is 0 Å². The molecule has 0 N–H and O–H groups in total. The Morgan fingerprint density at radius 2 is 1.81 bits per heavy atom. The van der Waals surface area contributed by atoms with E-state index in [4.69, 9.17) is 0 Å². The molecule has 162 valence electrons. The number of hydrogen-bond donors (Lipinski definition) is 0. The van der Waals surface area contributed by atoms with Crippen LogP contribution >= 0.6 is 15.9 Å². The number of hydrogen-bond acceptors (Lipinski definition) is 4. The molecule has 4 aliphatic rings. The molecule has 2 aromatic carbocycles. The number of allylic oxidation sites excluding steroid dienone is 2. The smallest absolute Gasteiger partial charge is 0.193 e. The highest BCUT2D eigenvalue weighted by molar-refractivity contribution is 9.10. The largest absolute Gasteiger partial charge is 0.368 e. The highest BCUT2D eigenvalue weighted by Crippen LogP contribution is 2.51. The number of rotatable bonds is 2. The van der Waals surface area contributed by atoms with E-state index in [1.54, 1.807) is 0 Å². The maximum atomic E-state index is 13.7. The quantitative estimate of drug-likeness (QED) is 0.591. The average molecular weight is 488 g/mol. The third kappa shape index (κ3) is 2.93. The van der Waals surface area contributed by atoms with Gasteiger partial charge in [-0.2, -0.15) is 5.26 Å². The molecule has 1 heterocycles. The monoisotopic (exact) mass is 487 g/mol. The van der Waals surface area contributed by atoms with Crippen molar-refractivity contribution in [1.82, 2.24) is 4.90 Å². The Balaban J connectivity index is 1.39. The third-order valence-electron chi connectivity index (χ3n) is 7.88. The molecule has 1 aliphatic heterocycles. The Bertz CT molecular complexity index is 1240. The van der Waals surface area contributed by atoms with E-state index in [1.165, 1.54) is 24.1 Å². The summed E-state index contributed by atoms with van der Waals surface area (Å²) in [5.41, 5.74) is 7.67. The number of fused-ring (bicyclic) bond motifs is 3. The maximum absolute atomic E-state index is 13.7. The van der Waals surface area contributed by atoms with Gasteiger partial charge in [0.25, 0.3) is 0 Å². The molecule has 6 rings (SSSR count). The molecule has 0 atom stereocenters. The SMILES string of the molecule is CC1(C)C2=C(C(=O)c3cc(Br)c(N4CCN(C5CC5)CC4)cc31)c1ccc(C#N)cc1C2. The topological polar surface area (TPSA) is 47.3 Å². The van der Waals surface area contributed by atoms with E-state index in [9.17, 15) is 10.1 Å². The number of benzene rings is 2. The van der Waals surface area contributed by atoms with Crippen LogP contribution in [0.4, 0.5) is 5.69 Å². The van der Waals surface area contributed by atoms with Crippen molar-refractivity contribution in [2.24, 2.45) is 0 Å². The van der Waals surface area contributed by atoms with E-state index in [2.05, 4.69) is 51.7 Å². The summed E-state index contributed by atoms with van der Waals surface area (Å²) in [7, 11) is 0. The summed E-state index contributed by atoms with van der Waals surface area (Å²) in [5.74, 6) is 0.114. The summed E-state index contributed by atoms with van der Waals surface area (Å²) in [6, 6.07) is 13.1. The van der Waals surface area contributed by atoms with Crippen LogP contribution in [0.25, 0.3) is 5.57 Å². The van der Waals surface area contributed by atoms with Crippen molar-refractivity contribution in [3.8, 4) is 6.07 Å². The molecule has 2 fully saturated rings. The minimum atomic E-state index is -0.240. The Morgan fingerprint density at radius 1 is 1.06 bits per heavy atom. The van der Waals surface area contributed by atoms with Crippen molar-refractivity contribution in [2.75, 3.05) is 31.1 Å². The molecule has 0 unspecified atom stereocenters. The second-order valence-electron chi connectivity index (χ2n) is 10.1. The first-order chi connectivity index (χ1) is 15.4. The summed E-state index contributed by atoms with van der Waals surface area (Å²) >= 11 is 3.80. The second kappa shape index (κ2) is 7.04. The summed E-state index contributed by atoms with van der Waals surface area (Å²) in [6.07, 6.45) is 3.45. The zero-order valence-corrected chi connectivity index (χ0v) is 20.1. The molecule has 1 saturated heterocycles. The Hall–Kier alpha value is -2.42. The first-order valence-corrected chi connectivity index (χ1v) is 12.3. The fourth-order valence-electron chi connectivity index (χ4n) is 5.86. The molecule has 3 aliphatic carbocycles. The molecule has 2 aromatic rings. The zero-order chi connectivity index (χ0) is 22.2. The van der Waals surface area contributed by atoms with Gasteiger partial charge in [-0.15, -0.1) is 0 Å². The first kappa shape index (κ1) is 20.2. The van der Waals surface area contributed by atoms with E-state index in [0.29, 0.717) is 5.56 Å². The van der Waals surface area contributed by atoms with Gasteiger partial charge in [-0.1, -0.05) is 19.9 Å². The van der Waals surface area contributed by atoms with Crippen LogP contribution in [0, 0.1) is 11.3 Å².